The molecule has 0 saturated carbocycles. The van der Waals surface area contributed by atoms with Crippen molar-refractivity contribution in [3.8, 4) is 0 Å². The van der Waals surface area contributed by atoms with E-state index in [1.54, 1.807) is 0 Å². The molecule has 4 heteroatoms. The fraction of sp³-hybridized carbons (Fsp3) is 0.269. The number of rotatable bonds is 9. The van der Waals surface area contributed by atoms with Crippen LogP contribution in [-0.2, 0) is 15.1 Å². The maximum atomic E-state index is 12.4. The van der Waals surface area contributed by atoms with Gasteiger partial charge in [0.05, 0.1) is 7.11 Å². The molecule has 0 aliphatic heterocycles. The Labute approximate surface area is 179 Å². The topological polar surface area (TPSA) is 50.4 Å². The highest BCUT2D eigenvalue weighted by Crippen LogP contribution is 2.36. The molecule has 0 heterocycles. The standard InChI is InChI=1S/C26H30N2O2/c1-20(2)19-24(25(29)30-3)27-28-26(21-13-7-4-8-14-21,22-15-9-5-10-16-22)23-17-11-6-12-18-23/h4-18,20,24,27-28H,19H2,1-3H3/t24-/m0/s1. The van der Waals surface area contributed by atoms with E-state index in [4.69, 9.17) is 4.74 Å². The molecular weight excluding hydrogens is 372 g/mol. The van der Waals surface area contributed by atoms with Crippen molar-refractivity contribution in [1.29, 1.82) is 0 Å². The number of benzene rings is 3. The van der Waals surface area contributed by atoms with Crippen LogP contribution in [0.1, 0.15) is 37.0 Å². The summed E-state index contributed by atoms with van der Waals surface area (Å²) in [6.07, 6.45) is 0.661. The number of carbonyl (C=O) groups is 1. The van der Waals surface area contributed by atoms with Crippen LogP contribution in [0.5, 0.6) is 0 Å². The minimum Gasteiger partial charge on any atom is -0.468 e. The minimum absolute atomic E-state index is 0.278. The molecule has 0 bridgehead atoms. The highest BCUT2D eigenvalue weighted by atomic mass is 16.5. The molecule has 156 valence electrons. The van der Waals surface area contributed by atoms with Crippen molar-refractivity contribution in [3.63, 3.8) is 0 Å². The molecule has 3 aromatic carbocycles. The number of hydrogen-bond acceptors (Lipinski definition) is 4. The number of carbonyl (C=O) groups excluding carboxylic acids is 1. The van der Waals surface area contributed by atoms with Crippen LogP contribution >= 0.6 is 0 Å². The number of hydrazine groups is 1. The summed E-state index contributed by atoms with van der Waals surface area (Å²) in [7, 11) is 1.43. The first-order valence-corrected chi connectivity index (χ1v) is 10.3. The fourth-order valence-corrected chi connectivity index (χ4v) is 3.80. The van der Waals surface area contributed by atoms with E-state index in [2.05, 4.69) is 61.1 Å². The zero-order valence-corrected chi connectivity index (χ0v) is 17.8. The van der Waals surface area contributed by atoms with E-state index in [1.165, 1.54) is 7.11 Å². The summed E-state index contributed by atoms with van der Waals surface area (Å²) in [6, 6.07) is 30.4. The molecule has 0 aromatic heterocycles. The van der Waals surface area contributed by atoms with Gasteiger partial charge >= 0.3 is 5.97 Å². The Kier molecular flexibility index (Phi) is 7.39. The smallest absolute Gasteiger partial charge is 0.324 e. The van der Waals surface area contributed by atoms with Crippen LogP contribution in [0.2, 0.25) is 0 Å². The van der Waals surface area contributed by atoms with Crippen molar-refractivity contribution in [2.24, 2.45) is 5.92 Å². The quantitative estimate of drug-likeness (QED) is 0.310. The maximum Gasteiger partial charge on any atom is 0.324 e. The molecule has 0 unspecified atom stereocenters. The molecule has 2 N–H and O–H groups in total. The summed E-state index contributed by atoms with van der Waals surface area (Å²) >= 11 is 0. The first kappa shape index (κ1) is 21.8. The van der Waals surface area contributed by atoms with Crippen molar-refractivity contribution in [2.75, 3.05) is 7.11 Å². The lowest BCUT2D eigenvalue weighted by Crippen LogP contribution is -2.57. The van der Waals surface area contributed by atoms with Gasteiger partial charge < -0.3 is 4.74 Å². The Hall–Kier alpha value is -2.95. The molecule has 4 nitrogen and oxygen atoms in total. The molecule has 0 amide bonds. The Morgan fingerprint density at radius 3 is 1.53 bits per heavy atom. The molecule has 30 heavy (non-hydrogen) atoms. The zero-order chi connectivity index (χ0) is 21.4. The van der Waals surface area contributed by atoms with Gasteiger partial charge in [0.2, 0.25) is 0 Å². The number of nitrogens with one attached hydrogen (secondary N) is 2. The lowest BCUT2D eigenvalue weighted by Gasteiger charge is -2.38. The van der Waals surface area contributed by atoms with Crippen LogP contribution in [0.25, 0.3) is 0 Å². The third-order valence-corrected chi connectivity index (χ3v) is 5.25. The first-order chi connectivity index (χ1) is 14.6. The lowest BCUT2D eigenvalue weighted by molar-refractivity contribution is -0.144. The Morgan fingerprint density at radius 2 is 1.20 bits per heavy atom. The molecular formula is C26H30N2O2. The van der Waals surface area contributed by atoms with Gasteiger partial charge in [-0.15, -0.1) is 0 Å². The molecule has 0 fully saturated rings. The zero-order valence-electron chi connectivity index (χ0n) is 17.8. The molecule has 0 saturated heterocycles. The molecule has 0 spiro atoms. The second-order valence-corrected chi connectivity index (χ2v) is 7.82. The van der Waals surface area contributed by atoms with E-state index in [0.717, 1.165) is 16.7 Å². The van der Waals surface area contributed by atoms with Crippen LogP contribution in [0.4, 0.5) is 0 Å². The summed E-state index contributed by atoms with van der Waals surface area (Å²) in [5, 5.41) is 0. The number of hydrogen-bond donors (Lipinski definition) is 2. The van der Waals surface area contributed by atoms with E-state index in [-0.39, 0.29) is 5.97 Å². The normalized spacial score (nSPS) is 12.5. The lowest BCUT2D eigenvalue weighted by atomic mass is 9.77. The van der Waals surface area contributed by atoms with Crippen LogP contribution < -0.4 is 10.9 Å². The third kappa shape index (κ3) is 4.78. The molecule has 0 aliphatic rings. The Morgan fingerprint density at radius 1 is 0.800 bits per heavy atom. The Balaban J connectivity index is 2.12. The van der Waals surface area contributed by atoms with Crippen LogP contribution in [0.15, 0.2) is 91.0 Å². The average Bonchev–Trinajstić information content (AvgIpc) is 2.80. The van der Waals surface area contributed by atoms with Gasteiger partial charge in [0.15, 0.2) is 0 Å². The van der Waals surface area contributed by atoms with Crippen LogP contribution in [0.3, 0.4) is 0 Å². The molecule has 0 radical (unpaired) electrons. The van der Waals surface area contributed by atoms with Gasteiger partial charge in [0, 0.05) is 0 Å². The van der Waals surface area contributed by atoms with Gasteiger partial charge in [-0.05, 0) is 29.0 Å². The molecule has 1 atom stereocenters. The first-order valence-electron chi connectivity index (χ1n) is 10.3. The van der Waals surface area contributed by atoms with E-state index >= 15 is 0 Å². The van der Waals surface area contributed by atoms with Crippen molar-refractivity contribution in [1.82, 2.24) is 10.9 Å². The van der Waals surface area contributed by atoms with Crippen molar-refractivity contribution >= 4 is 5.97 Å². The second-order valence-electron chi connectivity index (χ2n) is 7.82. The SMILES string of the molecule is COC(=O)[C@H](CC(C)C)NNC(c1ccccc1)(c1ccccc1)c1ccccc1. The number of methoxy groups -OCH3 is 1. The monoisotopic (exact) mass is 402 g/mol. The van der Waals surface area contributed by atoms with Gasteiger partial charge in [-0.3, -0.25) is 4.79 Å². The largest absolute Gasteiger partial charge is 0.468 e. The highest BCUT2D eigenvalue weighted by Gasteiger charge is 2.37. The summed E-state index contributed by atoms with van der Waals surface area (Å²) in [4.78, 5) is 12.4. The van der Waals surface area contributed by atoms with Crippen molar-refractivity contribution in [2.45, 2.75) is 31.8 Å². The van der Waals surface area contributed by atoms with Crippen molar-refractivity contribution < 1.29 is 9.53 Å². The third-order valence-electron chi connectivity index (χ3n) is 5.25. The minimum atomic E-state index is -0.687. The predicted octanol–water partition coefficient (Wildman–Crippen LogP) is 4.66. The summed E-state index contributed by atoms with van der Waals surface area (Å²) < 4.78 is 5.05. The van der Waals surface area contributed by atoms with Gasteiger partial charge in [-0.1, -0.05) is 105 Å². The van der Waals surface area contributed by atoms with Gasteiger partial charge in [0.25, 0.3) is 0 Å². The van der Waals surface area contributed by atoms with E-state index in [9.17, 15) is 4.79 Å². The average molecular weight is 403 g/mol. The van der Waals surface area contributed by atoms with Gasteiger partial charge in [0.1, 0.15) is 11.6 Å². The van der Waals surface area contributed by atoms with Crippen molar-refractivity contribution in [3.05, 3.63) is 108 Å². The number of esters is 1. The van der Waals surface area contributed by atoms with Crippen LogP contribution in [0, 0.1) is 5.92 Å². The van der Waals surface area contributed by atoms with Gasteiger partial charge in [-0.25, -0.2) is 10.9 Å². The van der Waals surface area contributed by atoms with E-state index < -0.39 is 11.6 Å². The highest BCUT2D eigenvalue weighted by molar-refractivity contribution is 5.75. The molecule has 0 aliphatic carbocycles. The predicted molar refractivity (Wildman–Crippen MR) is 121 cm³/mol. The summed E-state index contributed by atoms with van der Waals surface area (Å²) in [5.74, 6) is 0.0576. The van der Waals surface area contributed by atoms with E-state index in [0.29, 0.717) is 12.3 Å². The molecule has 3 rings (SSSR count). The second kappa shape index (κ2) is 10.2. The Bertz CT molecular complexity index is 815. The van der Waals surface area contributed by atoms with E-state index in [1.807, 2.05) is 54.6 Å². The maximum absolute atomic E-state index is 12.4. The molecule has 3 aromatic rings. The van der Waals surface area contributed by atoms with Gasteiger partial charge in [-0.2, -0.15) is 0 Å². The number of ether oxygens (including phenoxy) is 1. The fourth-order valence-electron chi connectivity index (χ4n) is 3.80. The summed E-state index contributed by atoms with van der Waals surface area (Å²) in [5.41, 5.74) is 9.39. The van der Waals surface area contributed by atoms with Crippen LogP contribution in [-0.4, -0.2) is 19.1 Å². The summed E-state index contributed by atoms with van der Waals surface area (Å²) in [6.45, 7) is 4.19.